The van der Waals surface area contributed by atoms with Crippen molar-refractivity contribution in [1.82, 2.24) is 10.6 Å². The molecule has 4 heteroatoms. The van der Waals surface area contributed by atoms with Crippen LogP contribution in [0.5, 0.6) is 5.75 Å². The number of carbonyl (C=O) groups excluding carboxylic acids is 1. The Balaban J connectivity index is 1.44. The molecule has 0 aliphatic carbocycles. The van der Waals surface area contributed by atoms with E-state index in [4.69, 9.17) is 4.74 Å². The highest BCUT2D eigenvalue weighted by Crippen LogP contribution is 2.28. The molecule has 4 nitrogen and oxygen atoms in total. The van der Waals surface area contributed by atoms with Gasteiger partial charge in [0.15, 0.2) is 6.10 Å². The van der Waals surface area contributed by atoms with E-state index in [1.807, 2.05) is 24.3 Å². The van der Waals surface area contributed by atoms with E-state index < -0.39 is 0 Å². The van der Waals surface area contributed by atoms with Crippen LogP contribution in [0.25, 0.3) is 0 Å². The lowest BCUT2D eigenvalue weighted by molar-refractivity contribution is -0.129. The minimum absolute atomic E-state index is 0.0161. The van der Waals surface area contributed by atoms with Crippen molar-refractivity contribution in [3.05, 3.63) is 65.7 Å². The Morgan fingerprint density at radius 3 is 2.72 bits per heavy atom. The van der Waals surface area contributed by atoms with Crippen LogP contribution in [0.1, 0.15) is 29.9 Å². The molecule has 4 rings (SSSR count). The molecular weight excluding hydrogens is 312 g/mol. The number of aryl methyl sites for hydroxylation is 1. The third-order valence-electron chi connectivity index (χ3n) is 5.25. The van der Waals surface area contributed by atoms with Gasteiger partial charge in [-0.15, -0.1) is 0 Å². The first-order valence-corrected chi connectivity index (χ1v) is 9.12. The molecule has 0 radical (unpaired) electrons. The van der Waals surface area contributed by atoms with E-state index in [2.05, 4.69) is 41.0 Å². The molecule has 1 amide bonds. The summed E-state index contributed by atoms with van der Waals surface area (Å²) < 4.78 is 5.95. The number of ether oxygens (including phenoxy) is 1. The SMILES string of the molecule is O=C(NC1CCNCC1c1ccccc1)C1CCc2ccccc2O1. The fraction of sp³-hybridized carbons (Fsp3) is 0.381. The summed E-state index contributed by atoms with van der Waals surface area (Å²) in [7, 11) is 0. The van der Waals surface area contributed by atoms with E-state index in [0.717, 1.165) is 38.1 Å². The van der Waals surface area contributed by atoms with Crippen molar-refractivity contribution in [2.75, 3.05) is 13.1 Å². The summed E-state index contributed by atoms with van der Waals surface area (Å²) in [4.78, 5) is 12.8. The van der Waals surface area contributed by atoms with Crippen LogP contribution in [0.4, 0.5) is 0 Å². The quantitative estimate of drug-likeness (QED) is 0.906. The van der Waals surface area contributed by atoms with Gasteiger partial charge in [0.25, 0.3) is 5.91 Å². The molecule has 1 saturated heterocycles. The van der Waals surface area contributed by atoms with Crippen molar-refractivity contribution in [1.29, 1.82) is 0 Å². The third kappa shape index (κ3) is 3.54. The number of piperidine rings is 1. The summed E-state index contributed by atoms with van der Waals surface area (Å²) in [6.07, 6.45) is 2.18. The summed E-state index contributed by atoms with van der Waals surface area (Å²) in [5, 5.41) is 6.71. The molecule has 0 spiro atoms. The lowest BCUT2D eigenvalue weighted by Gasteiger charge is -2.35. The van der Waals surface area contributed by atoms with Crippen LogP contribution in [-0.2, 0) is 11.2 Å². The number of amides is 1. The van der Waals surface area contributed by atoms with Gasteiger partial charge in [0.2, 0.25) is 0 Å². The van der Waals surface area contributed by atoms with Crippen LogP contribution >= 0.6 is 0 Å². The van der Waals surface area contributed by atoms with Crippen molar-refractivity contribution in [2.45, 2.75) is 37.3 Å². The number of para-hydroxylation sites is 1. The van der Waals surface area contributed by atoms with Gasteiger partial charge in [0, 0.05) is 18.5 Å². The van der Waals surface area contributed by atoms with Crippen molar-refractivity contribution in [3.8, 4) is 5.75 Å². The van der Waals surface area contributed by atoms with E-state index in [-0.39, 0.29) is 18.1 Å². The van der Waals surface area contributed by atoms with Gasteiger partial charge in [-0.05, 0) is 43.0 Å². The molecule has 3 atom stereocenters. The highest BCUT2D eigenvalue weighted by Gasteiger charge is 2.32. The van der Waals surface area contributed by atoms with E-state index in [9.17, 15) is 4.79 Å². The van der Waals surface area contributed by atoms with Gasteiger partial charge in [0.05, 0.1) is 0 Å². The van der Waals surface area contributed by atoms with Crippen molar-refractivity contribution < 1.29 is 9.53 Å². The highest BCUT2D eigenvalue weighted by atomic mass is 16.5. The van der Waals surface area contributed by atoms with Gasteiger partial charge in [-0.2, -0.15) is 0 Å². The minimum atomic E-state index is -0.388. The standard InChI is InChI=1S/C21H24N2O2/c24-21(20-11-10-16-8-4-5-9-19(16)25-20)23-18-12-13-22-14-17(18)15-6-2-1-3-7-15/h1-9,17-18,20,22H,10-14H2,(H,23,24). The molecule has 2 aliphatic rings. The molecule has 2 aromatic rings. The van der Waals surface area contributed by atoms with Gasteiger partial charge < -0.3 is 15.4 Å². The fourth-order valence-corrected chi connectivity index (χ4v) is 3.87. The molecule has 2 aliphatic heterocycles. The summed E-state index contributed by atoms with van der Waals surface area (Å²) in [5.74, 6) is 1.16. The van der Waals surface area contributed by atoms with Crippen LogP contribution < -0.4 is 15.4 Å². The Kier molecular flexibility index (Phi) is 4.70. The normalized spacial score (nSPS) is 25.5. The zero-order valence-electron chi connectivity index (χ0n) is 14.3. The molecule has 0 bridgehead atoms. The molecule has 25 heavy (non-hydrogen) atoms. The van der Waals surface area contributed by atoms with Crippen LogP contribution in [0.3, 0.4) is 0 Å². The maximum absolute atomic E-state index is 12.8. The molecular formula is C21H24N2O2. The molecule has 2 heterocycles. The number of hydrogen-bond donors (Lipinski definition) is 2. The first-order valence-electron chi connectivity index (χ1n) is 9.12. The first kappa shape index (κ1) is 16.2. The van der Waals surface area contributed by atoms with Gasteiger partial charge in [-0.1, -0.05) is 48.5 Å². The Labute approximate surface area is 148 Å². The van der Waals surface area contributed by atoms with E-state index in [0.29, 0.717) is 5.92 Å². The van der Waals surface area contributed by atoms with Gasteiger partial charge in [-0.3, -0.25) is 4.79 Å². The van der Waals surface area contributed by atoms with Gasteiger partial charge >= 0.3 is 0 Å². The van der Waals surface area contributed by atoms with Gasteiger partial charge in [0.1, 0.15) is 5.75 Å². The molecule has 0 saturated carbocycles. The zero-order valence-corrected chi connectivity index (χ0v) is 14.3. The van der Waals surface area contributed by atoms with Gasteiger partial charge in [-0.25, -0.2) is 0 Å². The van der Waals surface area contributed by atoms with E-state index >= 15 is 0 Å². The largest absolute Gasteiger partial charge is 0.480 e. The fourth-order valence-electron chi connectivity index (χ4n) is 3.87. The highest BCUT2D eigenvalue weighted by molar-refractivity contribution is 5.82. The third-order valence-corrected chi connectivity index (χ3v) is 5.25. The lowest BCUT2D eigenvalue weighted by atomic mass is 9.86. The van der Waals surface area contributed by atoms with Crippen LogP contribution in [-0.4, -0.2) is 31.1 Å². The molecule has 3 unspecified atom stereocenters. The molecule has 1 fully saturated rings. The summed E-state index contributed by atoms with van der Waals surface area (Å²) in [6.45, 7) is 1.83. The van der Waals surface area contributed by atoms with Crippen molar-refractivity contribution in [3.63, 3.8) is 0 Å². The second-order valence-corrected chi connectivity index (χ2v) is 6.88. The monoisotopic (exact) mass is 336 g/mol. The van der Waals surface area contributed by atoms with E-state index in [1.54, 1.807) is 0 Å². The van der Waals surface area contributed by atoms with Crippen molar-refractivity contribution in [2.24, 2.45) is 0 Å². The molecule has 2 aromatic carbocycles. The Hall–Kier alpha value is -2.33. The molecule has 2 N–H and O–H groups in total. The Morgan fingerprint density at radius 1 is 1.04 bits per heavy atom. The smallest absolute Gasteiger partial charge is 0.261 e. The van der Waals surface area contributed by atoms with Crippen molar-refractivity contribution >= 4 is 5.91 Å². The number of rotatable bonds is 3. The maximum atomic E-state index is 12.8. The lowest BCUT2D eigenvalue weighted by Crippen LogP contribution is -2.52. The zero-order chi connectivity index (χ0) is 17.1. The second-order valence-electron chi connectivity index (χ2n) is 6.88. The summed E-state index contributed by atoms with van der Waals surface area (Å²) >= 11 is 0. The number of nitrogens with one attached hydrogen (secondary N) is 2. The number of benzene rings is 2. The molecule has 0 aromatic heterocycles. The summed E-state index contributed by atoms with van der Waals surface area (Å²) in [6, 6.07) is 18.6. The second kappa shape index (κ2) is 7.28. The summed E-state index contributed by atoms with van der Waals surface area (Å²) in [5.41, 5.74) is 2.46. The Bertz CT molecular complexity index is 732. The predicted molar refractivity (Wildman–Crippen MR) is 97.8 cm³/mol. The number of hydrogen-bond acceptors (Lipinski definition) is 3. The minimum Gasteiger partial charge on any atom is -0.480 e. The first-order chi connectivity index (χ1) is 12.3. The average molecular weight is 336 g/mol. The maximum Gasteiger partial charge on any atom is 0.261 e. The van der Waals surface area contributed by atoms with Crippen LogP contribution in [0.15, 0.2) is 54.6 Å². The Morgan fingerprint density at radius 2 is 1.84 bits per heavy atom. The van der Waals surface area contributed by atoms with Crippen LogP contribution in [0.2, 0.25) is 0 Å². The number of carbonyl (C=O) groups is 1. The van der Waals surface area contributed by atoms with Crippen LogP contribution in [0, 0.1) is 0 Å². The molecule has 130 valence electrons. The number of fused-ring (bicyclic) bond motifs is 1. The topological polar surface area (TPSA) is 50.4 Å². The van der Waals surface area contributed by atoms with E-state index in [1.165, 1.54) is 11.1 Å². The average Bonchev–Trinajstić information content (AvgIpc) is 2.68. The predicted octanol–water partition coefficient (Wildman–Crippen LogP) is 2.64.